The number of rotatable bonds is 3. The number of esters is 1. The molecule has 1 aromatic rings. The Balaban J connectivity index is 2.01. The van der Waals surface area contributed by atoms with Crippen LogP contribution in [0.4, 0.5) is 0 Å². The number of carbonyl (C=O) groups is 1. The Labute approximate surface area is 108 Å². The van der Waals surface area contributed by atoms with Gasteiger partial charge in [0, 0.05) is 0 Å². The zero-order valence-electron chi connectivity index (χ0n) is 10.8. The van der Waals surface area contributed by atoms with Gasteiger partial charge in [-0.2, -0.15) is 0 Å². The van der Waals surface area contributed by atoms with Crippen molar-refractivity contribution in [3.8, 4) is 0 Å². The predicted octanol–water partition coefficient (Wildman–Crippen LogP) is 2.88. The first kappa shape index (κ1) is 13.1. The molecule has 0 radical (unpaired) electrons. The summed E-state index contributed by atoms with van der Waals surface area (Å²) in [4.78, 5) is 11.5. The Morgan fingerprint density at radius 2 is 1.83 bits per heavy atom. The van der Waals surface area contributed by atoms with Gasteiger partial charge in [0.1, 0.15) is 0 Å². The summed E-state index contributed by atoms with van der Waals surface area (Å²) >= 11 is 0. The lowest BCUT2D eigenvalue weighted by Gasteiger charge is -2.25. The molecule has 3 heteroatoms. The standard InChI is InChI=1S/C15H20O3/c1-2-18-15(17)13-5-3-11(4-6-13)12-7-9-14(16)10-8-12/h3-6,12,14,16H,2,7-10H2,1H3. The third-order valence-corrected chi connectivity index (χ3v) is 3.59. The van der Waals surface area contributed by atoms with E-state index in [-0.39, 0.29) is 12.1 Å². The van der Waals surface area contributed by atoms with E-state index in [4.69, 9.17) is 4.74 Å². The van der Waals surface area contributed by atoms with Gasteiger partial charge in [0.05, 0.1) is 18.3 Å². The van der Waals surface area contributed by atoms with Gasteiger partial charge in [0.15, 0.2) is 0 Å². The topological polar surface area (TPSA) is 46.5 Å². The third kappa shape index (κ3) is 3.10. The van der Waals surface area contributed by atoms with Crippen molar-refractivity contribution in [3.05, 3.63) is 35.4 Å². The molecule has 1 fully saturated rings. The maximum Gasteiger partial charge on any atom is 0.338 e. The van der Waals surface area contributed by atoms with E-state index in [2.05, 4.69) is 0 Å². The number of ether oxygens (including phenoxy) is 1. The van der Waals surface area contributed by atoms with Crippen molar-refractivity contribution in [2.45, 2.75) is 44.6 Å². The van der Waals surface area contributed by atoms with E-state index < -0.39 is 0 Å². The van der Waals surface area contributed by atoms with Gasteiger partial charge in [0.2, 0.25) is 0 Å². The fourth-order valence-electron chi connectivity index (χ4n) is 2.51. The second-order valence-electron chi connectivity index (χ2n) is 4.85. The third-order valence-electron chi connectivity index (χ3n) is 3.59. The summed E-state index contributed by atoms with van der Waals surface area (Å²) in [5.41, 5.74) is 1.87. The van der Waals surface area contributed by atoms with Gasteiger partial charge in [-0.1, -0.05) is 12.1 Å². The van der Waals surface area contributed by atoms with Crippen LogP contribution in [0.5, 0.6) is 0 Å². The molecule has 18 heavy (non-hydrogen) atoms. The van der Waals surface area contributed by atoms with Crippen LogP contribution in [0.25, 0.3) is 0 Å². The Kier molecular flexibility index (Phi) is 4.37. The van der Waals surface area contributed by atoms with E-state index in [9.17, 15) is 9.90 Å². The number of aliphatic hydroxyl groups excluding tert-OH is 1. The summed E-state index contributed by atoms with van der Waals surface area (Å²) in [5.74, 6) is 0.257. The Hall–Kier alpha value is -1.35. The van der Waals surface area contributed by atoms with E-state index in [0.29, 0.717) is 18.1 Å². The molecule has 0 aromatic heterocycles. The summed E-state index contributed by atoms with van der Waals surface area (Å²) in [6, 6.07) is 7.68. The zero-order chi connectivity index (χ0) is 13.0. The van der Waals surface area contributed by atoms with Gasteiger partial charge in [-0.25, -0.2) is 4.79 Å². The van der Waals surface area contributed by atoms with Crippen molar-refractivity contribution < 1.29 is 14.6 Å². The number of aliphatic hydroxyl groups is 1. The molecule has 0 unspecified atom stereocenters. The van der Waals surface area contributed by atoms with E-state index >= 15 is 0 Å². The largest absolute Gasteiger partial charge is 0.462 e. The van der Waals surface area contributed by atoms with Crippen LogP contribution in [0, 0.1) is 0 Å². The summed E-state index contributed by atoms with van der Waals surface area (Å²) < 4.78 is 4.96. The van der Waals surface area contributed by atoms with Crippen LogP contribution in [-0.2, 0) is 4.74 Å². The molecule has 1 saturated carbocycles. The fourth-order valence-corrected chi connectivity index (χ4v) is 2.51. The number of benzene rings is 1. The van der Waals surface area contributed by atoms with Crippen molar-refractivity contribution in [3.63, 3.8) is 0 Å². The van der Waals surface area contributed by atoms with Crippen molar-refractivity contribution in [1.82, 2.24) is 0 Å². The van der Waals surface area contributed by atoms with E-state index in [0.717, 1.165) is 25.7 Å². The molecule has 98 valence electrons. The van der Waals surface area contributed by atoms with Gasteiger partial charge in [-0.15, -0.1) is 0 Å². The lowest BCUT2D eigenvalue weighted by molar-refractivity contribution is 0.0526. The minimum atomic E-state index is -0.261. The molecule has 3 nitrogen and oxygen atoms in total. The van der Waals surface area contributed by atoms with Gasteiger partial charge < -0.3 is 9.84 Å². The van der Waals surface area contributed by atoms with Crippen LogP contribution in [0.3, 0.4) is 0 Å². The summed E-state index contributed by atoms with van der Waals surface area (Å²) in [5, 5.41) is 9.49. The highest BCUT2D eigenvalue weighted by Gasteiger charge is 2.20. The molecule has 1 aliphatic carbocycles. The first-order valence-electron chi connectivity index (χ1n) is 6.66. The molecule has 0 atom stereocenters. The molecule has 0 saturated heterocycles. The van der Waals surface area contributed by atoms with Gasteiger partial charge in [-0.05, 0) is 56.2 Å². The fraction of sp³-hybridized carbons (Fsp3) is 0.533. The molecule has 2 rings (SSSR count). The van der Waals surface area contributed by atoms with Crippen LogP contribution in [0.2, 0.25) is 0 Å². The van der Waals surface area contributed by atoms with Crippen LogP contribution in [-0.4, -0.2) is 23.8 Å². The highest BCUT2D eigenvalue weighted by molar-refractivity contribution is 5.89. The minimum absolute atomic E-state index is 0.125. The molecular weight excluding hydrogens is 228 g/mol. The lowest BCUT2D eigenvalue weighted by atomic mass is 9.82. The van der Waals surface area contributed by atoms with Crippen molar-refractivity contribution >= 4 is 5.97 Å². The molecule has 0 bridgehead atoms. The second-order valence-corrected chi connectivity index (χ2v) is 4.85. The molecule has 1 aromatic carbocycles. The monoisotopic (exact) mass is 248 g/mol. The average molecular weight is 248 g/mol. The maximum atomic E-state index is 11.5. The van der Waals surface area contributed by atoms with E-state index in [1.54, 1.807) is 6.92 Å². The Morgan fingerprint density at radius 1 is 1.22 bits per heavy atom. The highest BCUT2D eigenvalue weighted by Crippen LogP contribution is 2.32. The molecule has 1 aliphatic rings. The molecule has 1 N–H and O–H groups in total. The average Bonchev–Trinajstić information content (AvgIpc) is 2.40. The van der Waals surface area contributed by atoms with Crippen LogP contribution < -0.4 is 0 Å². The van der Waals surface area contributed by atoms with E-state index in [1.165, 1.54) is 5.56 Å². The number of carbonyl (C=O) groups excluding carboxylic acids is 1. The molecule has 0 spiro atoms. The summed E-state index contributed by atoms with van der Waals surface area (Å²) in [6.07, 6.45) is 3.69. The SMILES string of the molecule is CCOC(=O)c1ccc(C2CCC(O)CC2)cc1. The van der Waals surface area contributed by atoms with Gasteiger partial charge in [0.25, 0.3) is 0 Å². The summed E-state index contributed by atoms with van der Waals surface area (Å²) in [7, 11) is 0. The van der Waals surface area contributed by atoms with Crippen LogP contribution in [0.15, 0.2) is 24.3 Å². The number of hydrogen-bond acceptors (Lipinski definition) is 3. The predicted molar refractivity (Wildman–Crippen MR) is 69.6 cm³/mol. The first-order valence-corrected chi connectivity index (χ1v) is 6.66. The smallest absolute Gasteiger partial charge is 0.338 e. The molecule has 0 amide bonds. The molecule has 0 heterocycles. The van der Waals surface area contributed by atoms with Crippen LogP contribution >= 0.6 is 0 Å². The highest BCUT2D eigenvalue weighted by atomic mass is 16.5. The Bertz CT molecular complexity index is 389. The van der Waals surface area contributed by atoms with Crippen molar-refractivity contribution in [2.75, 3.05) is 6.61 Å². The van der Waals surface area contributed by atoms with E-state index in [1.807, 2.05) is 24.3 Å². The van der Waals surface area contributed by atoms with Crippen molar-refractivity contribution in [1.29, 1.82) is 0 Å². The van der Waals surface area contributed by atoms with Gasteiger partial charge in [-0.3, -0.25) is 0 Å². The van der Waals surface area contributed by atoms with Crippen molar-refractivity contribution in [2.24, 2.45) is 0 Å². The van der Waals surface area contributed by atoms with Crippen LogP contribution in [0.1, 0.15) is 54.4 Å². The normalized spacial score (nSPS) is 23.7. The molecular formula is C15H20O3. The zero-order valence-corrected chi connectivity index (χ0v) is 10.8. The minimum Gasteiger partial charge on any atom is -0.462 e. The lowest BCUT2D eigenvalue weighted by Crippen LogP contribution is -2.17. The molecule has 0 aliphatic heterocycles. The van der Waals surface area contributed by atoms with Gasteiger partial charge >= 0.3 is 5.97 Å². The second kappa shape index (κ2) is 6.01. The number of hydrogen-bond donors (Lipinski definition) is 1. The first-order chi connectivity index (χ1) is 8.70. The quantitative estimate of drug-likeness (QED) is 0.837. The summed E-state index contributed by atoms with van der Waals surface area (Å²) in [6.45, 7) is 2.21. The maximum absolute atomic E-state index is 11.5. The Morgan fingerprint density at radius 3 is 2.39 bits per heavy atom.